The zero-order valence-electron chi connectivity index (χ0n) is 11.7. The van der Waals surface area contributed by atoms with Crippen molar-refractivity contribution in [2.45, 2.75) is 31.8 Å². The van der Waals surface area contributed by atoms with E-state index in [1.807, 2.05) is 12.1 Å². The lowest BCUT2D eigenvalue weighted by molar-refractivity contribution is -0.128. The largest absolute Gasteiger partial charge is 0.343 e. The van der Waals surface area contributed by atoms with Gasteiger partial charge in [-0.3, -0.25) is 9.59 Å². The van der Waals surface area contributed by atoms with Crippen molar-refractivity contribution in [3.05, 3.63) is 29.3 Å². The van der Waals surface area contributed by atoms with Crippen LogP contribution in [0.4, 0.5) is 5.69 Å². The summed E-state index contributed by atoms with van der Waals surface area (Å²) in [4.78, 5) is 25.7. The van der Waals surface area contributed by atoms with E-state index in [-0.39, 0.29) is 24.2 Å². The van der Waals surface area contributed by atoms with Gasteiger partial charge in [-0.2, -0.15) is 0 Å². The molecular formula is C14H19Cl2N3O2. The van der Waals surface area contributed by atoms with Gasteiger partial charge >= 0.3 is 0 Å². The quantitative estimate of drug-likeness (QED) is 0.885. The molecule has 1 unspecified atom stereocenters. The lowest BCUT2D eigenvalue weighted by Gasteiger charge is -2.33. The van der Waals surface area contributed by atoms with Crippen LogP contribution in [0.1, 0.15) is 19.8 Å². The summed E-state index contributed by atoms with van der Waals surface area (Å²) in [6, 6.07) is 6.04. The summed E-state index contributed by atoms with van der Waals surface area (Å²) in [6.45, 7) is 2.20. The van der Waals surface area contributed by atoms with Gasteiger partial charge < -0.3 is 16.0 Å². The van der Waals surface area contributed by atoms with Crippen LogP contribution in [0, 0.1) is 0 Å². The van der Waals surface area contributed by atoms with Crippen molar-refractivity contribution in [2.75, 3.05) is 11.4 Å². The Kier molecular flexibility index (Phi) is 6.45. The van der Waals surface area contributed by atoms with E-state index in [0.717, 1.165) is 6.42 Å². The molecule has 7 heteroatoms. The first-order valence-corrected chi connectivity index (χ1v) is 7.00. The first kappa shape index (κ1) is 17.8. The predicted octanol–water partition coefficient (Wildman–Crippen LogP) is 1.72. The summed E-state index contributed by atoms with van der Waals surface area (Å²) in [6.07, 6.45) is 1.43. The molecule has 0 spiro atoms. The van der Waals surface area contributed by atoms with Gasteiger partial charge in [-0.25, -0.2) is 0 Å². The van der Waals surface area contributed by atoms with E-state index in [1.165, 1.54) is 0 Å². The molecule has 2 amide bonds. The maximum Gasteiger partial charge on any atom is 0.249 e. The average molecular weight is 332 g/mol. The molecule has 1 aromatic rings. The van der Waals surface area contributed by atoms with E-state index in [4.69, 9.17) is 17.3 Å². The van der Waals surface area contributed by atoms with E-state index in [1.54, 1.807) is 24.0 Å². The molecule has 1 aliphatic rings. The van der Waals surface area contributed by atoms with E-state index >= 15 is 0 Å². The number of nitrogens with two attached hydrogens (primary N) is 1. The average Bonchev–Trinajstić information content (AvgIpc) is 2.42. The summed E-state index contributed by atoms with van der Waals surface area (Å²) in [5.74, 6) is -0.456. The second-order valence-electron chi connectivity index (χ2n) is 4.93. The Morgan fingerprint density at radius 1 is 1.48 bits per heavy atom. The number of hydrogen-bond acceptors (Lipinski definition) is 3. The highest BCUT2D eigenvalue weighted by Gasteiger charge is 2.31. The molecule has 0 aliphatic carbocycles. The molecule has 1 aliphatic heterocycles. The van der Waals surface area contributed by atoms with Gasteiger partial charge in [-0.05, 0) is 31.9 Å². The number of amides is 2. The van der Waals surface area contributed by atoms with Gasteiger partial charge in [-0.15, -0.1) is 12.4 Å². The molecule has 116 valence electrons. The van der Waals surface area contributed by atoms with E-state index in [9.17, 15) is 9.59 Å². The number of halogens is 2. The maximum atomic E-state index is 12.4. The maximum absolute atomic E-state index is 12.4. The summed E-state index contributed by atoms with van der Waals surface area (Å²) < 4.78 is 0. The number of anilines is 1. The van der Waals surface area contributed by atoms with Gasteiger partial charge in [0.1, 0.15) is 6.04 Å². The van der Waals surface area contributed by atoms with Crippen LogP contribution in [-0.2, 0) is 9.59 Å². The lowest BCUT2D eigenvalue weighted by Crippen LogP contribution is -2.55. The minimum Gasteiger partial charge on any atom is -0.343 e. The van der Waals surface area contributed by atoms with E-state index < -0.39 is 12.1 Å². The van der Waals surface area contributed by atoms with Crippen molar-refractivity contribution in [1.82, 2.24) is 5.32 Å². The number of benzene rings is 1. The Morgan fingerprint density at radius 2 is 2.14 bits per heavy atom. The van der Waals surface area contributed by atoms with E-state index in [0.29, 0.717) is 23.7 Å². The fourth-order valence-electron chi connectivity index (χ4n) is 2.22. The Bertz CT molecular complexity index is 523. The highest BCUT2D eigenvalue weighted by atomic mass is 35.5. The molecule has 1 fully saturated rings. The van der Waals surface area contributed by atoms with Gasteiger partial charge in [0.05, 0.1) is 16.8 Å². The van der Waals surface area contributed by atoms with Crippen LogP contribution in [0.3, 0.4) is 0 Å². The van der Waals surface area contributed by atoms with Crippen molar-refractivity contribution in [1.29, 1.82) is 0 Å². The Balaban J connectivity index is 0.00000220. The third kappa shape index (κ3) is 4.09. The molecule has 5 nitrogen and oxygen atoms in total. The van der Waals surface area contributed by atoms with Crippen LogP contribution in [0.25, 0.3) is 0 Å². The number of carbonyl (C=O) groups excluding carboxylic acids is 2. The molecule has 0 radical (unpaired) electrons. The van der Waals surface area contributed by atoms with Crippen LogP contribution in [-0.4, -0.2) is 30.4 Å². The number of nitrogens with one attached hydrogen (secondary N) is 1. The summed E-state index contributed by atoms with van der Waals surface area (Å²) in [5, 5.41) is 3.22. The number of nitrogens with zero attached hydrogens (tertiary/aromatic N) is 1. The first-order chi connectivity index (χ1) is 9.50. The molecule has 0 bridgehead atoms. The van der Waals surface area contributed by atoms with Crippen LogP contribution < -0.4 is 16.0 Å². The molecule has 21 heavy (non-hydrogen) atoms. The third-order valence-corrected chi connectivity index (χ3v) is 3.63. The molecule has 0 aromatic heterocycles. The number of piperidine rings is 1. The molecule has 1 saturated heterocycles. The van der Waals surface area contributed by atoms with Crippen molar-refractivity contribution < 1.29 is 9.59 Å². The Morgan fingerprint density at radius 3 is 2.76 bits per heavy atom. The fourth-order valence-corrected chi connectivity index (χ4v) is 2.46. The van der Waals surface area contributed by atoms with Gasteiger partial charge in [0.25, 0.3) is 0 Å². The predicted molar refractivity (Wildman–Crippen MR) is 85.9 cm³/mol. The zero-order valence-corrected chi connectivity index (χ0v) is 13.3. The van der Waals surface area contributed by atoms with Crippen LogP contribution in [0.2, 0.25) is 5.02 Å². The first-order valence-electron chi connectivity index (χ1n) is 6.62. The number of hydrogen-bond donors (Lipinski definition) is 2. The van der Waals surface area contributed by atoms with Gasteiger partial charge in [0, 0.05) is 6.54 Å². The van der Waals surface area contributed by atoms with Crippen LogP contribution in [0.5, 0.6) is 0 Å². The molecule has 2 rings (SSSR count). The zero-order chi connectivity index (χ0) is 14.7. The van der Waals surface area contributed by atoms with E-state index in [2.05, 4.69) is 5.32 Å². The van der Waals surface area contributed by atoms with Crippen molar-refractivity contribution in [3.63, 3.8) is 0 Å². The SMILES string of the molecule is C[C@@H](N)C(=O)NC1CCCN(c2ccccc2Cl)C1=O.Cl. The molecule has 0 saturated carbocycles. The van der Waals surface area contributed by atoms with Gasteiger partial charge in [0.2, 0.25) is 11.8 Å². The van der Waals surface area contributed by atoms with Gasteiger partial charge in [-0.1, -0.05) is 23.7 Å². The topological polar surface area (TPSA) is 75.4 Å². The second kappa shape index (κ2) is 7.64. The van der Waals surface area contributed by atoms with Crippen LogP contribution >= 0.6 is 24.0 Å². The summed E-state index contributed by atoms with van der Waals surface area (Å²) >= 11 is 6.13. The standard InChI is InChI=1S/C14H18ClN3O2.ClH/c1-9(16)13(19)17-11-6-4-8-18(14(11)20)12-7-3-2-5-10(12)15;/h2-3,5,7,9,11H,4,6,8,16H2,1H3,(H,17,19);1H/t9-,11?;/m1./s1. The smallest absolute Gasteiger partial charge is 0.249 e. The number of carbonyl (C=O) groups is 2. The monoisotopic (exact) mass is 331 g/mol. The Hall–Kier alpha value is -1.30. The molecule has 2 atom stereocenters. The number of para-hydroxylation sites is 1. The lowest BCUT2D eigenvalue weighted by atomic mass is 10.0. The molecule has 1 aromatic carbocycles. The highest BCUT2D eigenvalue weighted by Crippen LogP contribution is 2.28. The normalized spacial score (nSPS) is 19.7. The minimum absolute atomic E-state index is 0. The van der Waals surface area contributed by atoms with Gasteiger partial charge in [0.15, 0.2) is 0 Å². The van der Waals surface area contributed by atoms with Crippen molar-refractivity contribution in [2.24, 2.45) is 5.73 Å². The molecule has 3 N–H and O–H groups in total. The summed E-state index contributed by atoms with van der Waals surface area (Å²) in [5.41, 5.74) is 6.19. The number of rotatable bonds is 3. The second-order valence-corrected chi connectivity index (χ2v) is 5.34. The molecular weight excluding hydrogens is 313 g/mol. The minimum atomic E-state index is -0.626. The Labute approximate surface area is 135 Å². The molecule has 1 heterocycles. The fraction of sp³-hybridized carbons (Fsp3) is 0.429. The van der Waals surface area contributed by atoms with Crippen LogP contribution in [0.15, 0.2) is 24.3 Å². The van der Waals surface area contributed by atoms with Crippen molar-refractivity contribution >= 4 is 41.5 Å². The highest BCUT2D eigenvalue weighted by molar-refractivity contribution is 6.33. The summed E-state index contributed by atoms with van der Waals surface area (Å²) in [7, 11) is 0. The van der Waals surface area contributed by atoms with Crippen molar-refractivity contribution in [3.8, 4) is 0 Å². The third-order valence-electron chi connectivity index (χ3n) is 3.31.